The summed E-state index contributed by atoms with van der Waals surface area (Å²) in [5.74, 6) is 1.46. The average molecular weight is 213 g/mol. The predicted molar refractivity (Wildman–Crippen MR) is 61.2 cm³/mol. The highest BCUT2D eigenvalue weighted by atomic mass is 32.2. The van der Waals surface area contributed by atoms with Crippen molar-refractivity contribution in [3.8, 4) is 0 Å². The van der Waals surface area contributed by atoms with Gasteiger partial charge in [-0.3, -0.25) is 0 Å². The molecule has 0 bridgehead atoms. The van der Waals surface area contributed by atoms with Crippen molar-refractivity contribution in [2.24, 2.45) is 17.0 Å². The maximum absolute atomic E-state index is 8.98. The van der Waals surface area contributed by atoms with Crippen LogP contribution in [0.2, 0.25) is 0 Å². The van der Waals surface area contributed by atoms with Crippen molar-refractivity contribution in [1.82, 2.24) is 0 Å². The van der Waals surface area contributed by atoms with Crippen molar-refractivity contribution in [3.05, 3.63) is 0 Å². The zero-order valence-corrected chi connectivity index (χ0v) is 9.81. The van der Waals surface area contributed by atoms with E-state index in [1.165, 1.54) is 25.7 Å². The Bertz CT molecular complexity index is 246. The number of thioether (sulfide) groups is 1. The summed E-state index contributed by atoms with van der Waals surface area (Å²) in [4.78, 5) is 0. The first-order chi connectivity index (χ1) is 6.69. The van der Waals surface area contributed by atoms with Gasteiger partial charge in [0.2, 0.25) is 0 Å². The van der Waals surface area contributed by atoms with Crippen LogP contribution in [0.4, 0.5) is 0 Å². The van der Waals surface area contributed by atoms with Crippen LogP contribution in [0.1, 0.15) is 39.0 Å². The minimum Gasteiger partial charge on any atom is -0.411 e. The molecule has 80 valence electrons. The van der Waals surface area contributed by atoms with E-state index in [0.717, 1.165) is 18.1 Å². The highest BCUT2D eigenvalue weighted by Crippen LogP contribution is 2.50. The fourth-order valence-electron chi connectivity index (χ4n) is 2.11. The Morgan fingerprint density at radius 3 is 2.43 bits per heavy atom. The monoisotopic (exact) mass is 213 g/mol. The Kier molecular flexibility index (Phi) is 2.78. The van der Waals surface area contributed by atoms with Gasteiger partial charge in [-0.1, -0.05) is 5.16 Å². The van der Waals surface area contributed by atoms with Crippen LogP contribution in [0.15, 0.2) is 5.16 Å². The van der Waals surface area contributed by atoms with Gasteiger partial charge in [0.05, 0.1) is 5.71 Å². The molecule has 0 spiro atoms. The molecule has 0 aliphatic heterocycles. The first kappa shape index (κ1) is 10.3. The quantitative estimate of drug-likeness (QED) is 0.432. The van der Waals surface area contributed by atoms with Gasteiger partial charge in [-0.15, -0.1) is 0 Å². The van der Waals surface area contributed by atoms with Crippen LogP contribution in [-0.4, -0.2) is 21.9 Å². The van der Waals surface area contributed by atoms with Gasteiger partial charge in [0.15, 0.2) is 0 Å². The first-order valence-electron chi connectivity index (χ1n) is 5.45. The zero-order valence-electron chi connectivity index (χ0n) is 8.99. The summed E-state index contributed by atoms with van der Waals surface area (Å²) < 4.78 is 0.324. The molecule has 0 radical (unpaired) electrons. The normalized spacial score (nSPS) is 27.4. The van der Waals surface area contributed by atoms with E-state index in [4.69, 9.17) is 5.21 Å². The van der Waals surface area contributed by atoms with E-state index in [2.05, 4.69) is 18.3 Å². The van der Waals surface area contributed by atoms with Crippen molar-refractivity contribution in [3.63, 3.8) is 0 Å². The molecule has 0 amide bonds. The van der Waals surface area contributed by atoms with Gasteiger partial charge in [-0.2, -0.15) is 11.8 Å². The van der Waals surface area contributed by atoms with E-state index < -0.39 is 0 Å². The Morgan fingerprint density at radius 2 is 2.07 bits per heavy atom. The van der Waals surface area contributed by atoms with Gasteiger partial charge in [0.25, 0.3) is 0 Å². The first-order valence-corrected chi connectivity index (χ1v) is 6.68. The lowest BCUT2D eigenvalue weighted by Gasteiger charge is -2.27. The third-order valence-electron chi connectivity index (χ3n) is 3.62. The summed E-state index contributed by atoms with van der Waals surface area (Å²) in [6, 6.07) is 0. The van der Waals surface area contributed by atoms with Crippen molar-refractivity contribution >= 4 is 17.5 Å². The molecule has 2 rings (SSSR count). The summed E-state index contributed by atoms with van der Waals surface area (Å²) in [6.07, 6.45) is 8.35. The van der Waals surface area contributed by atoms with Crippen LogP contribution in [0.5, 0.6) is 0 Å². The molecular formula is C11H19NOS. The topological polar surface area (TPSA) is 32.6 Å². The number of hydrogen-bond acceptors (Lipinski definition) is 3. The van der Waals surface area contributed by atoms with Crippen LogP contribution >= 0.6 is 11.8 Å². The molecule has 1 atom stereocenters. The van der Waals surface area contributed by atoms with E-state index in [-0.39, 0.29) is 0 Å². The molecule has 14 heavy (non-hydrogen) atoms. The lowest BCUT2D eigenvalue weighted by molar-refractivity contribution is 0.314. The third-order valence-corrected chi connectivity index (χ3v) is 5.03. The molecule has 0 saturated heterocycles. The van der Waals surface area contributed by atoms with Crippen molar-refractivity contribution < 1.29 is 5.21 Å². The minimum atomic E-state index is 0.324. The van der Waals surface area contributed by atoms with E-state index >= 15 is 0 Å². The number of hydrogen-bond donors (Lipinski definition) is 1. The van der Waals surface area contributed by atoms with Gasteiger partial charge in [0, 0.05) is 17.1 Å². The second kappa shape index (κ2) is 3.76. The van der Waals surface area contributed by atoms with E-state index in [1.54, 1.807) is 0 Å². The molecule has 2 aliphatic rings. The Balaban J connectivity index is 1.98. The van der Waals surface area contributed by atoms with Gasteiger partial charge in [-0.25, -0.2) is 0 Å². The minimum absolute atomic E-state index is 0.324. The van der Waals surface area contributed by atoms with Crippen LogP contribution < -0.4 is 0 Å². The fourth-order valence-corrected chi connectivity index (χ4v) is 2.98. The summed E-state index contributed by atoms with van der Waals surface area (Å²) >= 11 is 1.94. The summed E-state index contributed by atoms with van der Waals surface area (Å²) in [6.45, 7) is 2.32. The van der Waals surface area contributed by atoms with Crippen LogP contribution in [0, 0.1) is 11.8 Å². The van der Waals surface area contributed by atoms with Crippen LogP contribution in [0.3, 0.4) is 0 Å². The smallest absolute Gasteiger partial charge is 0.0615 e. The predicted octanol–water partition coefficient (Wildman–Crippen LogP) is 3.15. The van der Waals surface area contributed by atoms with Gasteiger partial charge >= 0.3 is 0 Å². The summed E-state index contributed by atoms with van der Waals surface area (Å²) in [5, 5.41) is 12.5. The molecule has 2 aliphatic carbocycles. The highest BCUT2D eigenvalue weighted by Gasteiger charge is 2.43. The zero-order chi connectivity index (χ0) is 10.2. The number of rotatable bonds is 5. The van der Waals surface area contributed by atoms with Crippen molar-refractivity contribution in [2.45, 2.75) is 43.8 Å². The molecule has 2 fully saturated rings. The molecule has 0 aromatic carbocycles. The van der Waals surface area contributed by atoms with E-state index in [0.29, 0.717) is 10.7 Å². The standard InChI is InChI=1S/C11H19NOS/c1-11(14-2,9-5-6-9)7-10(12-13)8-3-4-8/h8-9,13H,3-7H2,1-2H3/b12-10+/t11-/m1/s1. The number of oxime groups is 1. The molecule has 0 aromatic heterocycles. The maximum Gasteiger partial charge on any atom is 0.0615 e. The largest absolute Gasteiger partial charge is 0.411 e. The van der Waals surface area contributed by atoms with E-state index in [1.807, 2.05) is 11.8 Å². The molecule has 0 aromatic rings. The molecule has 3 heteroatoms. The van der Waals surface area contributed by atoms with Crippen LogP contribution in [0.25, 0.3) is 0 Å². The van der Waals surface area contributed by atoms with Crippen LogP contribution in [-0.2, 0) is 0 Å². The third kappa shape index (κ3) is 2.08. The Hall–Kier alpha value is -0.180. The molecule has 2 nitrogen and oxygen atoms in total. The average Bonchev–Trinajstić information content (AvgIpc) is 3.05. The number of nitrogens with zero attached hydrogens (tertiary/aromatic N) is 1. The van der Waals surface area contributed by atoms with Gasteiger partial charge in [-0.05, 0) is 44.8 Å². The molecule has 1 N–H and O–H groups in total. The van der Waals surface area contributed by atoms with E-state index in [9.17, 15) is 0 Å². The maximum atomic E-state index is 8.98. The molecule has 2 saturated carbocycles. The second-order valence-corrected chi connectivity index (χ2v) is 6.17. The van der Waals surface area contributed by atoms with Crippen molar-refractivity contribution in [2.75, 3.05) is 6.26 Å². The highest BCUT2D eigenvalue weighted by molar-refractivity contribution is 8.00. The molecule has 0 heterocycles. The lowest BCUT2D eigenvalue weighted by Crippen LogP contribution is -2.27. The Morgan fingerprint density at radius 1 is 1.43 bits per heavy atom. The lowest BCUT2D eigenvalue weighted by atomic mass is 9.96. The summed E-state index contributed by atoms with van der Waals surface area (Å²) in [5.41, 5.74) is 1.05. The molecule has 0 unspecified atom stereocenters. The molecular weight excluding hydrogens is 194 g/mol. The van der Waals surface area contributed by atoms with Gasteiger partial charge in [0.1, 0.15) is 0 Å². The fraction of sp³-hybridized carbons (Fsp3) is 0.909. The summed E-state index contributed by atoms with van der Waals surface area (Å²) in [7, 11) is 0. The second-order valence-electron chi connectivity index (χ2n) is 4.83. The van der Waals surface area contributed by atoms with Crippen molar-refractivity contribution in [1.29, 1.82) is 0 Å². The SMILES string of the molecule is CS[C@](C)(C/C(=N\O)C1CC1)C1CC1. The Labute approximate surface area is 90.1 Å². The van der Waals surface area contributed by atoms with Gasteiger partial charge < -0.3 is 5.21 Å².